The van der Waals surface area contributed by atoms with Gasteiger partial charge in [-0.2, -0.15) is 0 Å². The highest BCUT2D eigenvalue weighted by Crippen LogP contribution is 2.35. The Balaban J connectivity index is 2.03. The number of carboxylic acids is 1. The van der Waals surface area contributed by atoms with Gasteiger partial charge >= 0.3 is 5.97 Å². The van der Waals surface area contributed by atoms with E-state index in [-0.39, 0.29) is 29.5 Å². The summed E-state index contributed by atoms with van der Waals surface area (Å²) < 4.78 is 0. The Morgan fingerprint density at radius 3 is 2.70 bits per heavy atom. The molecule has 1 aromatic carbocycles. The van der Waals surface area contributed by atoms with Crippen LogP contribution < -0.4 is 0 Å². The van der Waals surface area contributed by atoms with Crippen molar-refractivity contribution in [2.75, 3.05) is 6.54 Å². The van der Waals surface area contributed by atoms with E-state index in [1.807, 2.05) is 0 Å². The van der Waals surface area contributed by atoms with Gasteiger partial charge < -0.3 is 10.2 Å². The first kappa shape index (κ1) is 18.4. The summed E-state index contributed by atoms with van der Waals surface area (Å²) >= 11 is 1.14. The van der Waals surface area contributed by atoms with Crippen LogP contribution in [0.1, 0.15) is 15.9 Å². The Morgan fingerprint density at radius 2 is 2.04 bits per heavy atom. The molecule has 1 aliphatic heterocycles. The van der Waals surface area contributed by atoms with Crippen LogP contribution in [0, 0.1) is 0 Å². The van der Waals surface area contributed by atoms with E-state index in [4.69, 9.17) is 0 Å². The van der Waals surface area contributed by atoms with Crippen molar-refractivity contribution >= 4 is 40.6 Å². The van der Waals surface area contributed by atoms with Crippen molar-refractivity contribution in [1.29, 1.82) is 0 Å². The van der Waals surface area contributed by atoms with E-state index in [2.05, 4.69) is 16.6 Å². The SMILES string of the molecule is C=CCN1C(=O)/C(=C/c2ccncc2)SC1=Nc1ccc(O)cc1C(=O)O. The van der Waals surface area contributed by atoms with E-state index in [1.165, 1.54) is 17.0 Å². The number of benzene rings is 1. The van der Waals surface area contributed by atoms with Gasteiger partial charge in [0.15, 0.2) is 5.17 Å². The van der Waals surface area contributed by atoms with E-state index in [9.17, 15) is 19.8 Å². The number of nitrogens with zero attached hydrogens (tertiary/aromatic N) is 3. The van der Waals surface area contributed by atoms with Crippen molar-refractivity contribution in [1.82, 2.24) is 9.88 Å². The Labute approximate surface area is 159 Å². The predicted octanol–water partition coefficient (Wildman–Crippen LogP) is 3.28. The number of hydrogen-bond acceptors (Lipinski definition) is 6. The summed E-state index contributed by atoms with van der Waals surface area (Å²) in [5.74, 6) is -1.64. The van der Waals surface area contributed by atoms with E-state index in [0.29, 0.717) is 10.1 Å². The maximum atomic E-state index is 12.7. The first-order valence-corrected chi connectivity index (χ1v) is 8.68. The molecule has 0 unspecified atom stereocenters. The van der Waals surface area contributed by atoms with E-state index >= 15 is 0 Å². The van der Waals surface area contributed by atoms with Gasteiger partial charge in [0.05, 0.1) is 16.2 Å². The zero-order valence-corrected chi connectivity index (χ0v) is 14.9. The highest BCUT2D eigenvalue weighted by Gasteiger charge is 2.33. The topological polar surface area (TPSA) is 103 Å². The number of aromatic hydroxyl groups is 1. The maximum Gasteiger partial charge on any atom is 0.338 e. The molecule has 0 bridgehead atoms. The minimum absolute atomic E-state index is 0.148. The monoisotopic (exact) mass is 381 g/mol. The fourth-order valence-corrected chi connectivity index (χ4v) is 3.39. The molecule has 3 rings (SSSR count). The van der Waals surface area contributed by atoms with Gasteiger partial charge in [-0.1, -0.05) is 6.08 Å². The second-order valence-corrected chi connectivity index (χ2v) is 6.51. The molecule has 0 saturated carbocycles. The number of aromatic carboxylic acids is 1. The van der Waals surface area contributed by atoms with Crippen LogP contribution in [0.15, 0.2) is 65.3 Å². The molecule has 1 amide bonds. The van der Waals surface area contributed by atoms with Crippen molar-refractivity contribution in [3.8, 4) is 5.75 Å². The van der Waals surface area contributed by atoms with Gasteiger partial charge in [-0.25, -0.2) is 9.79 Å². The fraction of sp³-hybridized carbons (Fsp3) is 0.0526. The fourth-order valence-electron chi connectivity index (χ4n) is 2.39. The van der Waals surface area contributed by atoms with Gasteiger partial charge in [0.1, 0.15) is 5.75 Å². The molecule has 7 nitrogen and oxygen atoms in total. The van der Waals surface area contributed by atoms with Crippen LogP contribution in [0.5, 0.6) is 5.75 Å². The minimum Gasteiger partial charge on any atom is -0.508 e. The lowest BCUT2D eigenvalue weighted by Crippen LogP contribution is -2.29. The summed E-state index contributed by atoms with van der Waals surface area (Å²) in [6.45, 7) is 3.89. The number of hydrogen-bond donors (Lipinski definition) is 2. The van der Waals surface area contributed by atoms with Crippen molar-refractivity contribution in [2.45, 2.75) is 0 Å². The highest BCUT2D eigenvalue weighted by molar-refractivity contribution is 8.18. The number of phenols is 1. The van der Waals surface area contributed by atoms with E-state index in [0.717, 1.165) is 23.4 Å². The summed E-state index contributed by atoms with van der Waals surface area (Å²) in [4.78, 5) is 34.3. The van der Waals surface area contributed by atoms with Crippen LogP contribution >= 0.6 is 11.8 Å². The number of carbonyl (C=O) groups excluding carboxylic acids is 1. The van der Waals surface area contributed by atoms with Crippen LogP contribution in [0.3, 0.4) is 0 Å². The quantitative estimate of drug-likeness (QED) is 0.609. The molecule has 1 aromatic heterocycles. The van der Waals surface area contributed by atoms with Crippen molar-refractivity contribution < 1.29 is 19.8 Å². The summed E-state index contributed by atoms with van der Waals surface area (Å²) in [6.07, 6.45) is 6.55. The Kier molecular flexibility index (Phi) is 5.37. The number of aromatic nitrogens is 1. The third-order valence-electron chi connectivity index (χ3n) is 3.63. The molecular weight excluding hydrogens is 366 g/mol. The lowest BCUT2D eigenvalue weighted by atomic mass is 10.2. The van der Waals surface area contributed by atoms with Crippen LogP contribution in [0.2, 0.25) is 0 Å². The molecule has 0 atom stereocenters. The highest BCUT2D eigenvalue weighted by atomic mass is 32.2. The van der Waals surface area contributed by atoms with Gasteiger partial charge in [0.2, 0.25) is 0 Å². The number of rotatable bonds is 5. The first-order valence-electron chi connectivity index (χ1n) is 7.87. The number of amides is 1. The summed E-state index contributed by atoms with van der Waals surface area (Å²) in [5, 5.41) is 19.2. The lowest BCUT2D eigenvalue weighted by Gasteiger charge is -2.13. The summed E-state index contributed by atoms with van der Waals surface area (Å²) in [6, 6.07) is 7.41. The van der Waals surface area contributed by atoms with E-state index in [1.54, 1.807) is 36.7 Å². The second-order valence-electron chi connectivity index (χ2n) is 5.50. The standard InChI is InChI=1S/C19H15N3O4S/c1-2-9-22-17(24)16(10-12-5-7-20-8-6-12)27-19(22)21-15-4-3-13(23)11-14(15)18(25)26/h2-8,10-11,23H,1,9H2,(H,25,26)/b16-10-,21-19?. The lowest BCUT2D eigenvalue weighted by molar-refractivity contribution is -0.121. The van der Waals surface area contributed by atoms with Gasteiger partial charge in [-0.05, 0) is 53.7 Å². The van der Waals surface area contributed by atoms with E-state index < -0.39 is 5.97 Å². The average molecular weight is 381 g/mol. The van der Waals surface area contributed by atoms with Gasteiger partial charge in [-0.15, -0.1) is 6.58 Å². The molecular formula is C19H15N3O4S. The number of carbonyl (C=O) groups is 2. The molecule has 1 fully saturated rings. The van der Waals surface area contributed by atoms with Crippen molar-refractivity contribution in [3.05, 3.63) is 71.4 Å². The van der Waals surface area contributed by atoms with Crippen LogP contribution in [0.25, 0.3) is 6.08 Å². The molecule has 0 aliphatic carbocycles. The zero-order valence-electron chi connectivity index (χ0n) is 14.1. The van der Waals surface area contributed by atoms with Crippen LogP contribution in [-0.2, 0) is 4.79 Å². The number of carboxylic acid groups (broad SMARTS) is 1. The zero-order chi connectivity index (χ0) is 19.4. The number of phenolic OH excluding ortho intramolecular Hbond substituents is 1. The van der Waals surface area contributed by atoms with Gasteiger partial charge in [0.25, 0.3) is 5.91 Å². The van der Waals surface area contributed by atoms with Crippen LogP contribution in [-0.4, -0.2) is 43.7 Å². The Bertz CT molecular complexity index is 970. The molecule has 136 valence electrons. The molecule has 0 spiro atoms. The molecule has 8 heteroatoms. The average Bonchev–Trinajstić information content (AvgIpc) is 2.93. The summed E-state index contributed by atoms with van der Waals surface area (Å²) in [7, 11) is 0. The van der Waals surface area contributed by atoms with Crippen LogP contribution in [0.4, 0.5) is 5.69 Å². The minimum atomic E-state index is -1.22. The maximum absolute atomic E-state index is 12.7. The third-order valence-corrected chi connectivity index (χ3v) is 4.64. The molecule has 27 heavy (non-hydrogen) atoms. The number of amidine groups is 1. The largest absolute Gasteiger partial charge is 0.508 e. The van der Waals surface area contributed by atoms with Crippen molar-refractivity contribution in [3.63, 3.8) is 0 Å². The Morgan fingerprint density at radius 1 is 1.30 bits per heavy atom. The summed E-state index contributed by atoms with van der Waals surface area (Å²) in [5.41, 5.74) is 0.812. The third kappa shape index (κ3) is 4.06. The molecule has 1 aliphatic rings. The first-order chi connectivity index (χ1) is 13.0. The van der Waals surface area contributed by atoms with Gasteiger partial charge in [0, 0.05) is 18.9 Å². The molecule has 2 heterocycles. The predicted molar refractivity (Wildman–Crippen MR) is 104 cm³/mol. The van der Waals surface area contributed by atoms with Gasteiger partial charge in [-0.3, -0.25) is 14.7 Å². The smallest absolute Gasteiger partial charge is 0.338 e. The number of pyridine rings is 1. The van der Waals surface area contributed by atoms with Crippen molar-refractivity contribution in [2.24, 2.45) is 4.99 Å². The number of thioether (sulfide) groups is 1. The number of aliphatic imine (C=N–C) groups is 1. The Hall–Kier alpha value is -3.39. The molecule has 2 N–H and O–H groups in total. The normalized spacial score (nSPS) is 16.9. The molecule has 1 saturated heterocycles. The molecule has 2 aromatic rings. The second kappa shape index (κ2) is 7.88. The molecule has 0 radical (unpaired) electrons.